The molecule has 1 aliphatic carbocycles. The average Bonchev–Trinajstić information content (AvgIpc) is 2.76. The van der Waals surface area contributed by atoms with Gasteiger partial charge < -0.3 is 10.2 Å². The van der Waals surface area contributed by atoms with Gasteiger partial charge in [-0.15, -0.1) is 0 Å². The molecule has 1 saturated carbocycles. The van der Waals surface area contributed by atoms with Crippen LogP contribution in [0.1, 0.15) is 71.6 Å². The van der Waals surface area contributed by atoms with Crippen molar-refractivity contribution in [2.45, 2.75) is 77.7 Å². The van der Waals surface area contributed by atoms with Crippen molar-refractivity contribution in [1.29, 1.82) is 0 Å². The second-order valence-electron chi connectivity index (χ2n) is 7.14. The number of carbonyl (C=O) groups is 2. The third-order valence-electron chi connectivity index (χ3n) is 4.94. The van der Waals surface area contributed by atoms with Crippen LogP contribution in [-0.4, -0.2) is 35.8 Å². The van der Waals surface area contributed by atoms with Gasteiger partial charge in [-0.2, -0.15) is 0 Å². The molecule has 0 radical (unpaired) electrons. The number of hydrogen-bond donors (Lipinski definition) is 1. The van der Waals surface area contributed by atoms with Crippen LogP contribution >= 0.6 is 0 Å². The Hall–Kier alpha value is -1.06. The predicted molar refractivity (Wildman–Crippen MR) is 83.8 cm³/mol. The zero-order valence-electron chi connectivity index (χ0n) is 13.6. The van der Waals surface area contributed by atoms with Gasteiger partial charge in [0.2, 0.25) is 11.8 Å². The van der Waals surface area contributed by atoms with Crippen LogP contribution in [0.25, 0.3) is 0 Å². The summed E-state index contributed by atoms with van der Waals surface area (Å²) >= 11 is 0. The van der Waals surface area contributed by atoms with Crippen molar-refractivity contribution in [2.24, 2.45) is 5.41 Å². The number of amides is 2. The van der Waals surface area contributed by atoms with Crippen LogP contribution in [0.4, 0.5) is 0 Å². The van der Waals surface area contributed by atoms with Gasteiger partial charge in [0.25, 0.3) is 0 Å². The van der Waals surface area contributed by atoms with Gasteiger partial charge in [0, 0.05) is 19.1 Å². The van der Waals surface area contributed by atoms with Gasteiger partial charge in [-0.1, -0.05) is 25.7 Å². The molecule has 1 saturated heterocycles. The standard InChI is InChI=1S/C17H30N2O2/c1-17(2,16(21)19-12-8-5-9-13-19)15(20)18-14-10-6-3-4-7-11-14/h14H,3-13H2,1-2H3,(H,18,20). The Balaban J connectivity index is 1.93. The molecule has 4 nitrogen and oxygen atoms in total. The molecule has 2 amide bonds. The SMILES string of the molecule is CC(C)(C(=O)NC1CCCCCC1)C(=O)N1CCCCC1. The van der Waals surface area contributed by atoms with Gasteiger partial charge in [-0.05, 0) is 46.0 Å². The normalized spacial score (nSPS) is 21.7. The first-order chi connectivity index (χ1) is 10.0. The first kappa shape index (κ1) is 16.3. The van der Waals surface area contributed by atoms with Gasteiger partial charge >= 0.3 is 0 Å². The zero-order valence-corrected chi connectivity index (χ0v) is 13.6. The summed E-state index contributed by atoms with van der Waals surface area (Å²) in [4.78, 5) is 27.1. The molecule has 1 N–H and O–H groups in total. The molecule has 1 heterocycles. The molecule has 0 aromatic rings. The molecule has 2 aliphatic rings. The lowest BCUT2D eigenvalue weighted by Crippen LogP contribution is -2.52. The maximum Gasteiger partial charge on any atom is 0.237 e. The minimum Gasteiger partial charge on any atom is -0.352 e. The molecule has 0 unspecified atom stereocenters. The number of nitrogens with one attached hydrogen (secondary N) is 1. The molecule has 0 bridgehead atoms. The topological polar surface area (TPSA) is 49.4 Å². The smallest absolute Gasteiger partial charge is 0.237 e. The van der Waals surface area contributed by atoms with E-state index in [2.05, 4.69) is 5.32 Å². The number of piperidine rings is 1. The van der Waals surface area contributed by atoms with Crippen LogP contribution in [0.3, 0.4) is 0 Å². The highest BCUT2D eigenvalue weighted by Gasteiger charge is 2.40. The minimum atomic E-state index is -0.941. The molecule has 21 heavy (non-hydrogen) atoms. The summed E-state index contributed by atoms with van der Waals surface area (Å²) in [6.45, 7) is 5.16. The van der Waals surface area contributed by atoms with Crippen molar-refractivity contribution in [3.63, 3.8) is 0 Å². The third-order valence-corrected chi connectivity index (χ3v) is 4.94. The first-order valence-corrected chi connectivity index (χ1v) is 8.62. The summed E-state index contributed by atoms with van der Waals surface area (Å²) in [5.74, 6) is -0.0988. The maximum absolute atomic E-state index is 12.6. The van der Waals surface area contributed by atoms with E-state index >= 15 is 0 Å². The fourth-order valence-electron chi connectivity index (χ4n) is 3.38. The van der Waals surface area contributed by atoms with Gasteiger partial charge in [0.15, 0.2) is 0 Å². The maximum atomic E-state index is 12.6. The number of likely N-dealkylation sites (tertiary alicyclic amines) is 1. The van der Waals surface area contributed by atoms with E-state index in [1.807, 2.05) is 4.90 Å². The predicted octanol–water partition coefficient (Wildman–Crippen LogP) is 2.86. The van der Waals surface area contributed by atoms with Crippen molar-refractivity contribution in [2.75, 3.05) is 13.1 Å². The van der Waals surface area contributed by atoms with Crippen molar-refractivity contribution in [3.05, 3.63) is 0 Å². The molecular formula is C17H30N2O2. The van der Waals surface area contributed by atoms with E-state index in [1.165, 1.54) is 32.1 Å². The quantitative estimate of drug-likeness (QED) is 0.643. The fraction of sp³-hybridized carbons (Fsp3) is 0.882. The first-order valence-electron chi connectivity index (χ1n) is 8.62. The van der Waals surface area contributed by atoms with Crippen molar-refractivity contribution < 1.29 is 9.59 Å². The number of carbonyl (C=O) groups excluding carboxylic acids is 2. The van der Waals surface area contributed by atoms with Crippen molar-refractivity contribution in [3.8, 4) is 0 Å². The molecule has 0 atom stereocenters. The monoisotopic (exact) mass is 294 g/mol. The zero-order chi connectivity index (χ0) is 15.3. The minimum absolute atomic E-state index is 0.00618. The average molecular weight is 294 g/mol. The van der Waals surface area contributed by atoms with Gasteiger partial charge in [0.1, 0.15) is 5.41 Å². The van der Waals surface area contributed by atoms with E-state index in [-0.39, 0.29) is 17.9 Å². The lowest BCUT2D eigenvalue weighted by atomic mass is 9.88. The number of nitrogens with zero attached hydrogens (tertiary/aromatic N) is 1. The summed E-state index contributed by atoms with van der Waals surface area (Å²) in [6, 6.07) is 0.258. The highest BCUT2D eigenvalue weighted by Crippen LogP contribution is 2.24. The Labute approximate surface area is 128 Å². The van der Waals surface area contributed by atoms with Crippen LogP contribution in [0, 0.1) is 5.41 Å². The van der Waals surface area contributed by atoms with Gasteiger partial charge in [0.05, 0.1) is 0 Å². The summed E-state index contributed by atoms with van der Waals surface area (Å²) in [7, 11) is 0. The summed E-state index contributed by atoms with van der Waals surface area (Å²) < 4.78 is 0. The van der Waals surface area contributed by atoms with Crippen molar-refractivity contribution in [1.82, 2.24) is 10.2 Å². The van der Waals surface area contributed by atoms with Crippen molar-refractivity contribution >= 4 is 11.8 Å². The van der Waals surface area contributed by atoms with Crippen LogP contribution in [0.2, 0.25) is 0 Å². The van der Waals surface area contributed by atoms with Crippen LogP contribution in [0.5, 0.6) is 0 Å². The van der Waals surface area contributed by atoms with Crippen LogP contribution in [-0.2, 0) is 9.59 Å². The fourth-order valence-corrected chi connectivity index (χ4v) is 3.38. The van der Waals surface area contributed by atoms with E-state index in [0.29, 0.717) is 0 Å². The molecular weight excluding hydrogens is 264 g/mol. The van der Waals surface area contributed by atoms with E-state index in [4.69, 9.17) is 0 Å². The number of rotatable bonds is 3. The lowest BCUT2D eigenvalue weighted by molar-refractivity contribution is -0.149. The molecule has 120 valence electrons. The Morgan fingerprint density at radius 2 is 1.43 bits per heavy atom. The summed E-state index contributed by atoms with van der Waals surface area (Å²) in [5, 5.41) is 3.13. The molecule has 0 aromatic carbocycles. The van der Waals surface area contributed by atoms with Gasteiger partial charge in [-0.3, -0.25) is 9.59 Å². The molecule has 4 heteroatoms. The van der Waals surface area contributed by atoms with Crippen LogP contribution in [0.15, 0.2) is 0 Å². The highest BCUT2D eigenvalue weighted by molar-refractivity contribution is 6.04. The molecule has 1 aliphatic heterocycles. The van der Waals surface area contributed by atoms with E-state index in [1.54, 1.807) is 13.8 Å². The second-order valence-corrected chi connectivity index (χ2v) is 7.14. The van der Waals surface area contributed by atoms with Crippen LogP contribution < -0.4 is 5.32 Å². The molecule has 0 spiro atoms. The van der Waals surface area contributed by atoms with E-state index in [9.17, 15) is 9.59 Å². The Kier molecular flexibility index (Phi) is 5.65. The van der Waals surface area contributed by atoms with E-state index in [0.717, 1.165) is 38.8 Å². The third kappa shape index (κ3) is 4.21. The Morgan fingerprint density at radius 3 is 2.00 bits per heavy atom. The highest BCUT2D eigenvalue weighted by atomic mass is 16.2. The largest absolute Gasteiger partial charge is 0.352 e. The van der Waals surface area contributed by atoms with E-state index < -0.39 is 5.41 Å². The summed E-state index contributed by atoms with van der Waals surface area (Å²) in [5.41, 5.74) is -0.941. The number of hydrogen-bond acceptors (Lipinski definition) is 2. The lowest BCUT2D eigenvalue weighted by Gasteiger charge is -2.34. The second kappa shape index (κ2) is 7.28. The Bertz CT molecular complexity index is 365. The molecule has 0 aromatic heterocycles. The Morgan fingerprint density at radius 1 is 0.905 bits per heavy atom. The van der Waals surface area contributed by atoms with Gasteiger partial charge in [-0.25, -0.2) is 0 Å². The molecule has 2 rings (SSSR count). The molecule has 2 fully saturated rings. The summed E-state index contributed by atoms with van der Waals surface area (Å²) in [6.07, 6.45) is 10.3.